The van der Waals surface area contributed by atoms with Gasteiger partial charge in [-0.2, -0.15) is 0 Å². The molecule has 0 aliphatic rings. The Balaban J connectivity index is 1.42. The van der Waals surface area contributed by atoms with Crippen molar-refractivity contribution in [1.82, 2.24) is 15.5 Å². The van der Waals surface area contributed by atoms with E-state index in [0.29, 0.717) is 18.0 Å². The standard InChI is InChI=1S/C20H20N4O3S2/c21-29(26,27)17-8-6-15(7-9-17)12-13-22-19(25)14-28-20-11-10-18(23-24-20)16-4-2-1-3-5-16/h1-11H,12-14H2,(H,22,25)(H2,21,26,27). The third-order valence-electron chi connectivity index (χ3n) is 4.05. The van der Waals surface area contributed by atoms with Crippen molar-refractivity contribution in [3.8, 4) is 11.3 Å². The van der Waals surface area contributed by atoms with Crippen molar-refractivity contribution in [2.45, 2.75) is 16.3 Å². The first-order valence-electron chi connectivity index (χ1n) is 8.82. The van der Waals surface area contributed by atoms with Crippen LogP contribution in [0.2, 0.25) is 0 Å². The molecular formula is C20H20N4O3S2. The molecule has 0 atom stereocenters. The molecule has 150 valence electrons. The number of primary sulfonamides is 1. The number of sulfonamides is 1. The van der Waals surface area contributed by atoms with E-state index in [1.807, 2.05) is 42.5 Å². The van der Waals surface area contributed by atoms with Gasteiger partial charge in [-0.15, -0.1) is 10.2 Å². The van der Waals surface area contributed by atoms with Crippen molar-refractivity contribution in [2.75, 3.05) is 12.3 Å². The lowest BCUT2D eigenvalue weighted by atomic mass is 10.1. The van der Waals surface area contributed by atoms with E-state index < -0.39 is 10.0 Å². The lowest BCUT2D eigenvalue weighted by Gasteiger charge is -2.06. The second-order valence-corrected chi connectivity index (χ2v) is 8.76. The van der Waals surface area contributed by atoms with Gasteiger partial charge in [0.25, 0.3) is 0 Å². The van der Waals surface area contributed by atoms with Crippen LogP contribution in [0, 0.1) is 0 Å². The number of hydrogen-bond acceptors (Lipinski definition) is 6. The number of nitrogens with zero attached hydrogens (tertiary/aromatic N) is 2. The van der Waals surface area contributed by atoms with E-state index in [9.17, 15) is 13.2 Å². The number of carbonyl (C=O) groups is 1. The second-order valence-electron chi connectivity index (χ2n) is 6.20. The Bertz CT molecular complexity index is 1060. The van der Waals surface area contributed by atoms with Crippen LogP contribution in [-0.4, -0.2) is 36.8 Å². The van der Waals surface area contributed by atoms with Crippen LogP contribution in [-0.2, 0) is 21.2 Å². The van der Waals surface area contributed by atoms with Crippen LogP contribution in [0.1, 0.15) is 5.56 Å². The van der Waals surface area contributed by atoms with E-state index >= 15 is 0 Å². The normalized spacial score (nSPS) is 11.2. The third kappa shape index (κ3) is 6.38. The van der Waals surface area contributed by atoms with Gasteiger partial charge in [0.05, 0.1) is 16.3 Å². The van der Waals surface area contributed by atoms with Crippen LogP contribution < -0.4 is 10.5 Å². The molecule has 0 aliphatic heterocycles. The average Bonchev–Trinajstić information content (AvgIpc) is 2.73. The molecule has 0 unspecified atom stereocenters. The smallest absolute Gasteiger partial charge is 0.238 e. The van der Waals surface area contributed by atoms with Crippen molar-refractivity contribution in [3.63, 3.8) is 0 Å². The molecule has 29 heavy (non-hydrogen) atoms. The van der Waals surface area contributed by atoms with Gasteiger partial charge in [-0.25, -0.2) is 13.6 Å². The molecule has 0 saturated carbocycles. The van der Waals surface area contributed by atoms with Gasteiger partial charge >= 0.3 is 0 Å². The minimum Gasteiger partial charge on any atom is -0.355 e. The maximum absolute atomic E-state index is 12.0. The van der Waals surface area contributed by atoms with Crippen molar-refractivity contribution in [2.24, 2.45) is 5.14 Å². The Kier molecular flexibility index (Phi) is 6.97. The molecule has 0 aliphatic carbocycles. The summed E-state index contributed by atoms with van der Waals surface area (Å²) in [5.41, 5.74) is 2.69. The first kappa shape index (κ1) is 21.0. The fraction of sp³-hybridized carbons (Fsp3) is 0.150. The van der Waals surface area contributed by atoms with Crippen LogP contribution in [0.5, 0.6) is 0 Å². The Morgan fingerprint density at radius 2 is 1.69 bits per heavy atom. The number of benzene rings is 2. The zero-order valence-corrected chi connectivity index (χ0v) is 17.1. The Labute approximate surface area is 173 Å². The summed E-state index contributed by atoms with van der Waals surface area (Å²) in [5, 5.41) is 16.9. The summed E-state index contributed by atoms with van der Waals surface area (Å²) >= 11 is 1.32. The quantitative estimate of drug-likeness (QED) is 0.532. The van der Waals surface area contributed by atoms with Crippen LogP contribution in [0.25, 0.3) is 11.3 Å². The number of thioether (sulfide) groups is 1. The minimum absolute atomic E-state index is 0.0704. The molecular weight excluding hydrogens is 408 g/mol. The number of nitrogens with two attached hydrogens (primary N) is 1. The molecule has 3 rings (SSSR count). The molecule has 0 bridgehead atoms. The highest BCUT2D eigenvalue weighted by molar-refractivity contribution is 7.99. The average molecular weight is 429 g/mol. The summed E-state index contributed by atoms with van der Waals surface area (Å²) in [5.74, 6) is 0.133. The van der Waals surface area contributed by atoms with Crippen LogP contribution >= 0.6 is 11.8 Å². The number of rotatable bonds is 8. The molecule has 0 fully saturated rings. The fourth-order valence-corrected chi connectivity index (χ4v) is 3.70. The van der Waals surface area contributed by atoms with Gasteiger partial charge in [-0.3, -0.25) is 4.79 Å². The minimum atomic E-state index is -3.69. The van der Waals surface area contributed by atoms with Gasteiger partial charge in [0.2, 0.25) is 15.9 Å². The number of hydrogen-bond donors (Lipinski definition) is 2. The Hall–Kier alpha value is -2.75. The van der Waals surface area contributed by atoms with E-state index in [4.69, 9.17) is 5.14 Å². The fourth-order valence-electron chi connectivity index (χ4n) is 2.54. The van der Waals surface area contributed by atoms with Gasteiger partial charge in [-0.05, 0) is 36.2 Å². The van der Waals surface area contributed by atoms with Crippen molar-refractivity contribution >= 4 is 27.7 Å². The van der Waals surface area contributed by atoms with Gasteiger partial charge in [0.15, 0.2) is 0 Å². The highest BCUT2D eigenvalue weighted by Crippen LogP contribution is 2.19. The maximum Gasteiger partial charge on any atom is 0.238 e. The van der Waals surface area contributed by atoms with E-state index in [1.54, 1.807) is 12.1 Å². The zero-order chi connectivity index (χ0) is 20.7. The van der Waals surface area contributed by atoms with Crippen LogP contribution in [0.4, 0.5) is 0 Å². The number of aromatic nitrogens is 2. The van der Waals surface area contributed by atoms with E-state index in [2.05, 4.69) is 15.5 Å². The van der Waals surface area contributed by atoms with E-state index in [-0.39, 0.29) is 16.6 Å². The largest absolute Gasteiger partial charge is 0.355 e. The van der Waals surface area contributed by atoms with Gasteiger partial charge in [0.1, 0.15) is 5.03 Å². The highest BCUT2D eigenvalue weighted by atomic mass is 32.2. The lowest BCUT2D eigenvalue weighted by molar-refractivity contribution is -0.118. The first-order chi connectivity index (χ1) is 13.9. The molecule has 1 aromatic heterocycles. The number of carbonyl (C=O) groups excluding carboxylic acids is 1. The summed E-state index contributed by atoms with van der Waals surface area (Å²) in [7, 11) is -3.69. The lowest BCUT2D eigenvalue weighted by Crippen LogP contribution is -2.27. The molecule has 3 aromatic rings. The molecule has 0 saturated heterocycles. The first-order valence-corrected chi connectivity index (χ1v) is 11.4. The van der Waals surface area contributed by atoms with Gasteiger partial charge in [-0.1, -0.05) is 54.2 Å². The summed E-state index contributed by atoms with van der Waals surface area (Å²) in [6.07, 6.45) is 0.590. The highest BCUT2D eigenvalue weighted by Gasteiger charge is 2.08. The molecule has 2 aromatic carbocycles. The topological polar surface area (TPSA) is 115 Å². The SMILES string of the molecule is NS(=O)(=O)c1ccc(CCNC(=O)CSc2ccc(-c3ccccc3)nn2)cc1. The van der Waals surface area contributed by atoms with Crippen molar-refractivity contribution in [1.29, 1.82) is 0 Å². The summed E-state index contributed by atoms with van der Waals surface area (Å²) in [6, 6.07) is 19.8. The predicted molar refractivity (Wildman–Crippen MR) is 113 cm³/mol. The number of amides is 1. The van der Waals surface area contributed by atoms with Crippen molar-refractivity contribution < 1.29 is 13.2 Å². The van der Waals surface area contributed by atoms with Gasteiger partial charge < -0.3 is 5.32 Å². The molecule has 1 heterocycles. The van der Waals surface area contributed by atoms with Crippen molar-refractivity contribution in [3.05, 3.63) is 72.3 Å². The second kappa shape index (κ2) is 9.64. The predicted octanol–water partition coefficient (Wildman–Crippen LogP) is 2.24. The van der Waals surface area contributed by atoms with Crippen LogP contribution in [0.3, 0.4) is 0 Å². The third-order valence-corrected chi connectivity index (χ3v) is 5.90. The summed E-state index contributed by atoms with van der Waals surface area (Å²) in [6.45, 7) is 0.451. The number of nitrogens with one attached hydrogen (secondary N) is 1. The molecule has 0 radical (unpaired) electrons. The van der Waals surface area contributed by atoms with E-state index in [0.717, 1.165) is 16.8 Å². The van der Waals surface area contributed by atoms with E-state index in [1.165, 1.54) is 23.9 Å². The molecule has 1 amide bonds. The molecule has 3 N–H and O–H groups in total. The summed E-state index contributed by atoms with van der Waals surface area (Å²) < 4.78 is 22.5. The van der Waals surface area contributed by atoms with Crippen LogP contribution in [0.15, 0.2) is 76.7 Å². The zero-order valence-electron chi connectivity index (χ0n) is 15.5. The Morgan fingerprint density at radius 1 is 0.966 bits per heavy atom. The Morgan fingerprint density at radius 3 is 2.31 bits per heavy atom. The molecule has 9 heteroatoms. The molecule has 7 nitrogen and oxygen atoms in total. The monoisotopic (exact) mass is 428 g/mol. The maximum atomic E-state index is 12.0. The molecule has 0 spiro atoms. The summed E-state index contributed by atoms with van der Waals surface area (Å²) in [4.78, 5) is 12.1. The van der Waals surface area contributed by atoms with Gasteiger partial charge in [0, 0.05) is 12.1 Å².